The molecule has 1 amide bonds. The first-order valence-electron chi connectivity index (χ1n) is 8.42. The second-order valence-corrected chi connectivity index (χ2v) is 5.76. The Morgan fingerprint density at radius 2 is 1.81 bits per heavy atom. The molecule has 0 fully saturated rings. The molecule has 1 N–H and O–H groups in total. The van der Waals surface area contributed by atoms with Crippen molar-refractivity contribution in [1.29, 1.82) is 0 Å². The molecule has 3 rings (SSSR count). The number of carbonyl (C=O) groups is 1. The molecule has 0 aliphatic rings. The number of benzene rings is 1. The van der Waals surface area contributed by atoms with Crippen molar-refractivity contribution in [3.63, 3.8) is 0 Å². The minimum atomic E-state index is -0.172. The lowest BCUT2D eigenvalue weighted by Crippen LogP contribution is -2.26. The number of carbonyl (C=O) groups excluding carboxylic acids is 1. The molecule has 26 heavy (non-hydrogen) atoms. The summed E-state index contributed by atoms with van der Waals surface area (Å²) in [5, 5.41) is 2.98. The number of ether oxygens (including phenoxy) is 1. The minimum absolute atomic E-state index is 0.125. The average molecular weight is 348 g/mol. The van der Waals surface area contributed by atoms with Crippen LogP contribution >= 0.6 is 0 Å². The van der Waals surface area contributed by atoms with Gasteiger partial charge < -0.3 is 10.1 Å². The topological polar surface area (TPSA) is 77.0 Å². The van der Waals surface area contributed by atoms with E-state index in [9.17, 15) is 4.79 Å². The van der Waals surface area contributed by atoms with Crippen LogP contribution < -0.4 is 10.1 Å². The van der Waals surface area contributed by atoms with E-state index in [0.29, 0.717) is 12.2 Å². The van der Waals surface area contributed by atoms with Gasteiger partial charge in [0.25, 0.3) is 5.91 Å². The van der Waals surface area contributed by atoms with Crippen LogP contribution in [-0.4, -0.2) is 27.5 Å². The first kappa shape index (κ1) is 17.5. The van der Waals surface area contributed by atoms with Gasteiger partial charge in [0.05, 0.1) is 23.9 Å². The number of amides is 1. The number of pyridine rings is 1. The monoisotopic (exact) mass is 348 g/mol. The quantitative estimate of drug-likeness (QED) is 0.738. The molecule has 2 aromatic heterocycles. The van der Waals surface area contributed by atoms with Gasteiger partial charge in [0.1, 0.15) is 12.1 Å². The molecule has 0 bridgehead atoms. The van der Waals surface area contributed by atoms with Crippen molar-refractivity contribution in [2.24, 2.45) is 0 Å². The van der Waals surface area contributed by atoms with Gasteiger partial charge in [-0.2, -0.15) is 0 Å². The fraction of sp³-hybridized carbons (Fsp3) is 0.200. The van der Waals surface area contributed by atoms with Crippen molar-refractivity contribution < 1.29 is 9.53 Å². The van der Waals surface area contributed by atoms with E-state index in [1.54, 1.807) is 30.7 Å². The molecule has 0 saturated heterocycles. The summed E-state index contributed by atoms with van der Waals surface area (Å²) in [6.07, 6.45) is 6.39. The summed E-state index contributed by atoms with van der Waals surface area (Å²) in [7, 11) is 0. The SMILES string of the molecule is CCOc1ccc(C(C)NC(=O)c2ccc(-c3cncnc3)nc2)cc1. The Morgan fingerprint density at radius 3 is 2.42 bits per heavy atom. The van der Waals surface area contributed by atoms with E-state index in [1.807, 2.05) is 38.1 Å². The lowest BCUT2D eigenvalue weighted by Gasteiger charge is -2.15. The van der Waals surface area contributed by atoms with Crippen LogP contribution in [-0.2, 0) is 0 Å². The Kier molecular flexibility index (Phi) is 5.53. The third kappa shape index (κ3) is 4.22. The molecule has 0 saturated carbocycles. The van der Waals surface area contributed by atoms with Crippen molar-refractivity contribution in [3.8, 4) is 17.0 Å². The molecule has 132 valence electrons. The molecule has 1 aromatic carbocycles. The standard InChI is InChI=1S/C20H20N4O2/c1-3-26-18-7-4-15(5-8-18)14(2)24-20(25)16-6-9-19(23-12-16)17-10-21-13-22-11-17/h4-14H,3H2,1-2H3,(H,24,25). The number of rotatable bonds is 6. The van der Waals surface area contributed by atoms with Gasteiger partial charge in [0.15, 0.2) is 0 Å². The van der Waals surface area contributed by atoms with Crippen molar-refractivity contribution in [3.05, 3.63) is 72.4 Å². The zero-order chi connectivity index (χ0) is 18.4. The Labute approximate surface area is 152 Å². The molecule has 3 aromatic rings. The molecule has 0 aliphatic carbocycles. The predicted molar refractivity (Wildman–Crippen MR) is 98.8 cm³/mol. The van der Waals surface area contributed by atoms with Crippen LogP contribution in [0.25, 0.3) is 11.3 Å². The summed E-state index contributed by atoms with van der Waals surface area (Å²) in [6, 6.07) is 11.1. The van der Waals surface area contributed by atoms with Crippen LogP contribution in [0.2, 0.25) is 0 Å². The molecule has 0 radical (unpaired) electrons. The van der Waals surface area contributed by atoms with E-state index < -0.39 is 0 Å². The maximum Gasteiger partial charge on any atom is 0.253 e. The van der Waals surface area contributed by atoms with Crippen LogP contribution in [0.4, 0.5) is 0 Å². The molecule has 0 aliphatic heterocycles. The minimum Gasteiger partial charge on any atom is -0.494 e. The third-order valence-corrected chi connectivity index (χ3v) is 3.92. The van der Waals surface area contributed by atoms with Gasteiger partial charge in [0, 0.05) is 24.2 Å². The van der Waals surface area contributed by atoms with Crippen LogP contribution in [0.5, 0.6) is 5.75 Å². The van der Waals surface area contributed by atoms with Gasteiger partial charge in [-0.3, -0.25) is 9.78 Å². The normalized spacial score (nSPS) is 11.6. The number of nitrogens with zero attached hydrogens (tertiary/aromatic N) is 3. The van der Waals surface area contributed by atoms with Gasteiger partial charge in [-0.15, -0.1) is 0 Å². The largest absolute Gasteiger partial charge is 0.494 e. The molecular formula is C20H20N4O2. The highest BCUT2D eigenvalue weighted by molar-refractivity contribution is 5.94. The van der Waals surface area contributed by atoms with Gasteiger partial charge in [-0.25, -0.2) is 9.97 Å². The number of nitrogens with one attached hydrogen (secondary N) is 1. The fourth-order valence-electron chi connectivity index (χ4n) is 2.51. The van der Waals surface area contributed by atoms with E-state index >= 15 is 0 Å². The van der Waals surface area contributed by atoms with Crippen LogP contribution in [0.15, 0.2) is 61.3 Å². The average Bonchev–Trinajstić information content (AvgIpc) is 2.69. The summed E-state index contributed by atoms with van der Waals surface area (Å²) in [5.41, 5.74) is 3.04. The number of hydrogen-bond acceptors (Lipinski definition) is 5. The number of aromatic nitrogens is 3. The Bertz CT molecular complexity index is 849. The summed E-state index contributed by atoms with van der Waals surface area (Å²) < 4.78 is 5.43. The summed E-state index contributed by atoms with van der Waals surface area (Å²) in [6.45, 7) is 4.52. The fourth-order valence-corrected chi connectivity index (χ4v) is 2.51. The van der Waals surface area contributed by atoms with Crippen LogP contribution in [0.1, 0.15) is 35.8 Å². The summed E-state index contributed by atoms with van der Waals surface area (Å²) in [5.74, 6) is 0.647. The smallest absolute Gasteiger partial charge is 0.253 e. The lowest BCUT2D eigenvalue weighted by molar-refractivity contribution is 0.0939. The van der Waals surface area contributed by atoms with Gasteiger partial charge in [-0.05, 0) is 43.7 Å². The maximum absolute atomic E-state index is 12.4. The highest BCUT2D eigenvalue weighted by Gasteiger charge is 2.12. The number of hydrogen-bond donors (Lipinski definition) is 1. The molecule has 0 spiro atoms. The van der Waals surface area contributed by atoms with Crippen molar-refractivity contribution in [1.82, 2.24) is 20.3 Å². The van der Waals surface area contributed by atoms with Crippen molar-refractivity contribution in [2.75, 3.05) is 6.61 Å². The van der Waals surface area contributed by atoms with E-state index in [-0.39, 0.29) is 11.9 Å². The van der Waals surface area contributed by atoms with Gasteiger partial charge in [0.2, 0.25) is 0 Å². The highest BCUT2D eigenvalue weighted by Crippen LogP contribution is 2.19. The summed E-state index contributed by atoms with van der Waals surface area (Å²) >= 11 is 0. The van der Waals surface area contributed by atoms with Gasteiger partial charge >= 0.3 is 0 Å². The van der Waals surface area contributed by atoms with Gasteiger partial charge in [-0.1, -0.05) is 12.1 Å². The molecule has 2 heterocycles. The van der Waals surface area contributed by atoms with E-state index in [0.717, 1.165) is 22.6 Å². The van der Waals surface area contributed by atoms with Crippen molar-refractivity contribution >= 4 is 5.91 Å². The second kappa shape index (κ2) is 8.20. The predicted octanol–water partition coefficient (Wildman–Crippen LogP) is 3.43. The first-order valence-corrected chi connectivity index (χ1v) is 8.42. The molecule has 1 unspecified atom stereocenters. The van der Waals surface area contributed by atoms with E-state index in [2.05, 4.69) is 20.3 Å². The zero-order valence-corrected chi connectivity index (χ0v) is 14.7. The summed E-state index contributed by atoms with van der Waals surface area (Å²) in [4.78, 5) is 24.7. The van der Waals surface area contributed by atoms with Crippen LogP contribution in [0, 0.1) is 0 Å². The zero-order valence-electron chi connectivity index (χ0n) is 14.7. The highest BCUT2D eigenvalue weighted by atomic mass is 16.5. The third-order valence-electron chi connectivity index (χ3n) is 3.92. The first-order chi connectivity index (χ1) is 12.7. The molecule has 6 nitrogen and oxygen atoms in total. The molecule has 1 atom stereocenters. The Balaban J connectivity index is 1.65. The van der Waals surface area contributed by atoms with E-state index in [4.69, 9.17) is 4.74 Å². The Hall–Kier alpha value is -3.28. The molecule has 6 heteroatoms. The van der Waals surface area contributed by atoms with E-state index in [1.165, 1.54) is 6.33 Å². The Morgan fingerprint density at radius 1 is 1.08 bits per heavy atom. The van der Waals surface area contributed by atoms with Crippen LogP contribution in [0.3, 0.4) is 0 Å². The molecular weight excluding hydrogens is 328 g/mol. The maximum atomic E-state index is 12.4. The lowest BCUT2D eigenvalue weighted by atomic mass is 10.1. The second-order valence-electron chi connectivity index (χ2n) is 5.76. The van der Waals surface area contributed by atoms with Crippen molar-refractivity contribution in [2.45, 2.75) is 19.9 Å².